The van der Waals surface area contributed by atoms with Gasteiger partial charge in [0.15, 0.2) is 5.69 Å². The molecule has 0 fully saturated rings. The van der Waals surface area contributed by atoms with Crippen LogP contribution in [-0.2, 0) is 0 Å². The highest BCUT2D eigenvalue weighted by molar-refractivity contribution is 6.31. The maximum Gasteiger partial charge on any atom is 0.159 e. The van der Waals surface area contributed by atoms with E-state index in [1.807, 2.05) is 6.07 Å². The van der Waals surface area contributed by atoms with Crippen LogP contribution in [0.3, 0.4) is 0 Å². The number of pyridine rings is 1. The standard InChI is InChI=1S/C12H6ClFN2/c13-11-5-9(7-16-12(11)6-15)8-2-1-3-10(14)4-8/h1-5,7H. The summed E-state index contributed by atoms with van der Waals surface area (Å²) in [5.74, 6) is -0.321. The lowest BCUT2D eigenvalue weighted by atomic mass is 10.1. The number of hydrogen-bond acceptors (Lipinski definition) is 2. The van der Waals surface area contributed by atoms with E-state index in [9.17, 15) is 4.39 Å². The zero-order valence-corrected chi connectivity index (χ0v) is 8.87. The Labute approximate surface area is 96.9 Å². The first-order valence-electron chi connectivity index (χ1n) is 4.52. The van der Waals surface area contributed by atoms with Crippen molar-refractivity contribution in [2.45, 2.75) is 0 Å². The van der Waals surface area contributed by atoms with Crippen LogP contribution in [0.2, 0.25) is 5.02 Å². The van der Waals surface area contributed by atoms with E-state index in [0.29, 0.717) is 11.1 Å². The molecule has 0 aliphatic carbocycles. The largest absolute Gasteiger partial charge is 0.243 e. The molecule has 78 valence electrons. The number of nitriles is 1. The second kappa shape index (κ2) is 4.30. The predicted molar refractivity (Wildman–Crippen MR) is 59.4 cm³/mol. The molecule has 0 atom stereocenters. The number of hydrogen-bond donors (Lipinski definition) is 0. The number of halogens is 2. The minimum Gasteiger partial charge on any atom is -0.243 e. The lowest BCUT2D eigenvalue weighted by Crippen LogP contribution is -1.87. The van der Waals surface area contributed by atoms with Crippen LogP contribution in [-0.4, -0.2) is 4.98 Å². The molecular formula is C12H6ClFN2. The Morgan fingerprint density at radius 1 is 1.25 bits per heavy atom. The summed E-state index contributed by atoms with van der Waals surface area (Å²) in [7, 11) is 0. The highest BCUT2D eigenvalue weighted by atomic mass is 35.5. The van der Waals surface area contributed by atoms with E-state index in [-0.39, 0.29) is 16.5 Å². The van der Waals surface area contributed by atoms with Crippen LogP contribution in [0, 0.1) is 17.1 Å². The molecule has 1 heterocycles. The molecule has 2 aromatic rings. The van der Waals surface area contributed by atoms with Gasteiger partial charge in [0.05, 0.1) is 5.02 Å². The van der Waals surface area contributed by atoms with Crippen molar-refractivity contribution in [1.82, 2.24) is 4.98 Å². The van der Waals surface area contributed by atoms with Crippen molar-refractivity contribution in [2.75, 3.05) is 0 Å². The highest BCUT2D eigenvalue weighted by Crippen LogP contribution is 2.23. The van der Waals surface area contributed by atoms with Crippen molar-refractivity contribution < 1.29 is 4.39 Å². The van der Waals surface area contributed by atoms with Crippen LogP contribution in [0.25, 0.3) is 11.1 Å². The van der Waals surface area contributed by atoms with Crippen molar-refractivity contribution in [3.8, 4) is 17.2 Å². The Morgan fingerprint density at radius 2 is 2.06 bits per heavy atom. The second-order valence-electron chi connectivity index (χ2n) is 3.18. The smallest absolute Gasteiger partial charge is 0.159 e. The van der Waals surface area contributed by atoms with E-state index in [2.05, 4.69) is 4.98 Å². The van der Waals surface area contributed by atoms with Gasteiger partial charge in [0, 0.05) is 11.8 Å². The van der Waals surface area contributed by atoms with Gasteiger partial charge >= 0.3 is 0 Å². The van der Waals surface area contributed by atoms with E-state index in [1.54, 1.807) is 18.2 Å². The molecule has 0 spiro atoms. The molecule has 1 aromatic heterocycles. The summed E-state index contributed by atoms with van der Waals surface area (Å²) in [6.07, 6.45) is 1.50. The summed E-state index contributed by atoms with van der Waals surface area (Å²) < 4.78 is 13.0. The van der Waals surface area contributed by atoms with Crippen LogP contribution in [0.5, 0.6) is 0 Å². The second-order valence-corrected chi connectivity index (χ2v) is 3.58. The zero-order chi connectivity index (χ0) is 11.5. The van der Waals surface area contributed by atoms with Gasteiger partial charge in [0.25, 0.3) is 0 Å². The van der Waals surface area contributed by atoms with Crippen molar-refractivity contribution in [3.05, 3.63) is 53.1 Å². The topological polar surface area (TPSA) is 36.7 Å². The van der Waals surface area contributed by atoms with Crippen LogP contribution in [0.4, 0.5) is 4.39 Å². The van der Waals surface area contributed by atoms with Crippen LogP contribution < -0.4 is 0 Å². The van der Waals surface area contributed by atoms with Gasteiger partial charge in [-0.1, -0.05) is 23.7 Å². The lowest BCUT2D eigenvalue weighted by molar-refractivity contribution is 0.628. The molecule has 0 amide bonds. The van der Waals surface area contributed by atoms with Crippen LogP contribution >= 0.6 is 11.6 Å². The molecule has 0 aliphatic rings. The van der Waals surface area contributed by atoms with Gasteiger partial charge in [-0.25, -0.2) is 9.37 Å². The molecule has 2 nitrogen and oxygen atoms in total. The molecule has 0 saturated heterocycles. The van der Waals surface area contributed by atoms with Gasteiger partial charge in [0.2, 0.25) is 0 Å². The summed E-state index contributed by atoms with van der Waals surface area (Å²) in [6, 6.07) is 9.58. The van der Waals surface area contributed by atoms with E-state index in [4.69, 9.17) is 16.9 Å². The minimum atomic E-state index is -0.321. The number of nitrogens with zero attached hydrogens (tertiary/aromatic N) is 2. The third-order valence-corrected chi connectivity index (χ3v) is 2.39. The van der Waals surface area contributed by atoms with E-state index >= 15 is 0 Å². The van der Waals surface area contributed by atoms with E-state index in [0.717, 1.165) is 0 Å². The molecule has 0 aliphatic heterocycles. The Bertz CT molecular complexity index is 575. The molecule has 0 N–H and O–H groups in total. The fraction of sp³-hybridized carbons (Fsp3) is 0. The third kappa shape index (κ3) is 2.02. The van der Waals surface area contributed by atoms with E-state index < -0.39 is 0 Å². The third-order valence-electron chi connectivity index (χ3n) is 2.11. The monoisotopic (exact) mass is 232 g/mol. The van der Waals surface area contributed by atoms with Crippen LogP contribution in [0.15, 0.2) is 36.5 Å². The Balaban J connectivity index is 2.50. The molecule has 0 unspecified atom stereocenters. The fourth-order valence-corrected chi connectivity index (χ4v) is 1.55. The maximum absolute atomic E-state index is 13.0. The lowest BCUT2D eigenvalue weighted by Gasteiger charge is -2.02. The first-order chi connectivity index (χ1) is 7.70. The van der Waals surface area contributed by atoms with Gasteiger partial charge in [-0.15, -0.1) is 0 Å². The number of rotatable bonds is 1. The summed E-state index contributed by atoms with van der Waals surface area (Å²) >= 11 is 5.84. The zero-order valence-electron chi connectivity index (χ0n) is 8.11. The Hall–Kier alpha value is -1.92. The molecule has 0 saturated carbocycles. The van der Waals surface area contributed by atoms with Gasteiger partial charge in [-0.3, -0.25) is 0 Å². The van der Waals surface area contributed by atoms with Crippen molar-refractivity contribution in [3.63, 3.8) is 0 Å². The SMILES string of the molecule is N#Cc1ncc(-c2cccc(F)c2)cc1Cl. The summed E-state index contributed by atoms with van der Waals surface area (Å²) in [6.45, 7) is 0. The Kier molecular flexibility index (Phi) is 2.84. The summed E-state index contributed by atoms with van der Waals surface area (Å²) in [5, 5.41) is 8.93. The maximum atomic E-state index is 13.0. The quantitative estimate of drug-likeness (QED) is 0.756. The summed E-state index contributed by atoms with van der Waals surface area (Å²) in [5.41, 5.74) is 1.53. The van der Waals surface area contributed by atoms with Crippen LogP contribution in [0.1, 0.15) is 5.69 Å². The average Bonchev–Trinajstić information content (AvgIpc) is 2.29. The molecule has 16 heavy (non-hydrogen) atoms. The number of aromatic nitrogens is 1. The van der Waals surface area contributed by atoms with E-state index in [1.165, 1.54) is 18.3 Å². The Morgan fingerprint density at radius 3 is 2.69 bits per heavy atom. The molecule has 2 rings (SSSR count). The average molecular weight is 233 g/mol. The predicted octanol–water partition coefficient (Wildman–Crippen LogP) is 3.41. The molecule has 4 heteroatoms. The highest BCUT2D eigenvalue weighted by Gasteiger charge is 2.05. The van der Waals surface area contributed by atoms with Crippen molar-refractivity contribution in [1.29, 1.82) is 5.26 Å². The van der Waals surface area contributed by atoms with Crippen molar-refractivity contribution >= 4 is 11.6 Å². The van der Waals surface area contributed by atoms with Gasteiger partial charge in [-0.2, -0.15) is 5.26 Å². The van der Waals surface area contributed by atoms with Crippen molar-refractivity contribution in [2.24, 2.45) is 0 Å². The normalized spacial score (nSPS) is 9.81. The number of benzene rings is 1. The fourth-order valence-electron chi connectivity index (χ4n) is 1.35. The van der Waals surface area contributed by atoms with Gasteiger partial charge in [0.1, 0.15) is 11.9 Å². The van der Waals surface area contributed by atoms with Gasteiger partial charge in [-0.05, 0) is 23.8 Å². The first kappa shape index (κ1) is 10.6. The molecule has 0 radical (unpaired) electrons. The molecule has 1 aromatic carbocycles. The first-order valence-corrected chi connectivity index (χ1v) is 4.90. The van der Waals surface area contributed by atoms with Gasteiger partial charge < -0.3 is 0 Å². The summed E-state index contributed by atoms with van der Waals surface area (Å²) in [4.78, 5) is 3.89. The molecule has 0 bridgehead atoms. The minimum absolute atomic E-state index is 0.168. The molecular weight excluding hydrogens is 227 g/mol.